The summed E-state index contributed by atoms with van der Waals surface area (Å²) in [7, 11) is 1.61. The van der Waals surface area contributed by atoms with Crippen LogP contribution >= 0.6 is 11.8 Å². The molecule has 9 nitrogen and oxygen atoms in total. The lowest BCUT2D eigenvalue weighted by Crippen LogP contribution is -2.15. The molecule has 0 atom stereocenters. The van der Waals surface area contributed by atoms with Crippen LogP contribution in [-0.4, -0.2) is 39.4 Å². The van der Waals surface area contributed by atoms with Gasteiger partial charge in [0.2, 0.25) is 11.8 Å². The molecule has 2 aromatic carbocycles. The van der Waals surface area contributed by atoms with E-state index in [1.165, 1.54) is 11.8 Å². The number of anilines is 1. The summed E-state index contributed by atoms with van der Waals surface area (Å²) in [6.07, 6.45) is 1.61. The number of benzene rings is 2. The number of nitrogens with one attached hydrogen (secondary N) is 1. The monoisotopic (exact) mass is 463 g/mol. The van der Waals surface area contributed by atoms with Crippen molar-refractivity contribution in [3.63, 3.8) is 0 Å². The summed E-state index contributed by atoms with van der Waals surface area (Å²) in [5.41, 5.74) is 7.05. The van der Waals surface area contributed by atoms with Gasteiger partial charge in [-0.15, -0.1) is 10.2 Å². The van der Waals surface area contributed by atoms with Crippen LogP contribution in [0.1, 0.15) is 16.1 Å². The Morgan fingerprint density at radius 3 is 2.48 bits per heavy atom. The van der Waals surface area contributed by atoms with E-state index in [2.05, 4.69) is 15.5 Å². The summed E-state index contributed by atoms with van der Waals surface area (Å²) in [5.74, 6) is 1.52. The van der Waals surface area contributed by atoms with Crippen LogP contribution in [-0.2, 0) is 11.3 Å². The molecule has 168 valence electrons. The zero-order valence-electron chi connectivity index (χ0n) is 17.7. The molecule has 0 aliphatic rings. The molecular formula is C23H21N5O4S. The number of rotatable bonds is 9. The molecule has 4 rings (SSSR count). The van der Waals surface area contributed by atoms with Crippen molar-refractivity contribution in [2.75, 3.05) is 18.2 Å². The number of hydrogen-bond acceptors (Lipinski definition) is 7. The molecule has 0 aliphatic carbocycles. The van der Waals surface area contributed by atoms with E-state index in [1.54, 1.807) is 37.6 Å². The molecule has 0 unspecified atom stereocenters. The molecule has 10 heteroatoms. The summed E-state index contributed by atoms with van der Waals surface area (Å²) in [6, 6.07) is 17.6. The van der Waals surface area contributed by atoms with Crippen molar-refractivity contribution in [1.82, 2.24) is 14.8 Å². The van der Waals surface area contributed by atoms with Crippen LogP contribution in [0.4, 0.5) is 5.69 Å². The third-order valence-corrected chi connectivity index (χ3v) is 5.71. The van der Waals surface area contributed by atoms with Crippen molar-refractivity contribution < 1.29 is 18.7 Å². The molecule has 2 heterocycles. The number of nitrogens with zero attached hydrogens (tertiary/aromatic N) is 3. The van der Waals surface area contributed by atoms with Crippen molar-refractivity contribution in [2.24, 2.45) is 5.73 Å². The summed E-state index contributed by atoms with van der Waals surface area (Å²) in [6.45, 7) is 0.417. The van der Waals surface area contributed by atoms with Crippen LogP contribution in [0.5, 0.6) is 5.75 Å². The summed E-state index contributed by atoms with van der Waals surface area (Å²) in [4.78, 5) is 23.6. The zero-order valence-corrected chi connectivity index (χ0v) is 18.5. The van der Waals surface area contributed by atoms with Gasteiger partial charge in [0.25, 0.3) is 0 Å². The molecule has 2 aromatic heterocycles. The summed E-state index contributed by atoms with van der Waals surface area (Å²) >= 11 is 1.26. The van der Waals surface area contributed by atoms with Crippen LogP contribution in [0.15, 0.2) is 76.5 Å². The lowest BCUT2D eigenvalue weighted by Gasteiger charge is -2.10. The number of nitrogens with two attached hydrogens (primary N) is 1. The topological polar surface area (TPSA) is 125 Å². The van der Waals surface area contributed by atoms with E-state index in [4.69, 9.17) is 14.9 Å². The molecule has 0 bridgehead atoms. The van der Waals surface area contributed by atoms with Gasteiger partial charge in [0.05, 0.1) is 25.7 Å². The lowest BCUT2D eigenvalue weighted by molar-refractivity contribution is -0.113. The SMILES string of the molecule is COc1ccc(-c2nnc(SCC(=O)Nc3ccc(C(N)=O)cc3)n2Cc2ccco2)cc1. The molecule has 0 saturated carbocycles. The maximum Gasteiger partial charge on any atom is 0.248 e. The van der Waals surface area contributed by atoms with E-state index in [0.717, 1.165) is 17.1 Å². The number of methoxy groups -OCH3 is 1. The molecule has 0 aliphatic heterocycles. The van der Waals surface area contributed by atoms with Gasteiger partial charge < -0.3 is 20.2 Å². The smallest absolute Gasteiger partial charge is 0.248 e. The van der Waals surface area contributed by atoms with Crippen LogP contribution in [0, 0.1) is 0 Å². The highest BCUT2D eigenvalue weighted by molar-refractivity contribution is 7.99. The minimum absolute atomic E-state index is 0.121. The highest BCUT2D eigenvalue weighted by Crippen LogP contribution is 2.27. The fourth-order valence-electron chi connectivity index (χ4n) is 3.10. The molecule has 3 N–H and O–H groups in total. The first kappa shape index (κ1) is 22.2. The molecule has 33 heavy (non-hydrogen) atoms. The van der Waals surface area contributed by atoms with Crippen molar-refractivity contribution in [2.45, 2.75) is 11.7 Å². The van der Waals surface area contributed by atoms with Crippen molar-refractivity contribution in [1.29, 1.82) is 0 Å². The minimum atomic E-state index is -0.521. The average molecular weight is 464 g/mol. The van der Waals surface area contributed by atoms with Gasteiger partial charge in [-0.2, -0.15) is 0 Å². The number of ether oxygens (including phenoxy) is 1. The number of aromatic nitrogens is 3. The predicted molar refractivity (Wildman–Crippen MR) is 124 cm³/mol. The molecule has 0 fully saturated rings. The minimum Gasteiger partial charge on any atom is -0.497 e. The van der Waals surface area contributed by atoms with Gasteiger partial charge in [-0.3, -0.25) is 14.2 Å². The predicted octanol–water partition coefficient (Wildman–Crippen LogP) is 3.42. The Bertz CT molecular complexity index is 1240. The number of hydrogen-bond donors (Lipinski definition) is 2. The number of thioether (sulfide) groups is 1. The first-order chi connectivity index (χ1) is 16.0. The normalized spacial score (nSPS) is 10.7. The largest absolute Gasteiger partial charge is 0.497 e. The number of amides is 2. The number of primary amides is 1. The van der Waals surface area contributed by atoms with E-state index in [9.17, 15) is 9.59 Å². The Hall–Kier alpha value is -4.05. The number of carbonyl (C=O) groups is 2. The first-order valence-corrected chi connectivity index (χ1v) is 10.9. The summed E-state index contributed by atoms with van der Waals surface area (Å²) in [5, 5.41) is 12.0. The van der Waals surface area contributed by atoms with Crippen LogP contribution < -0.4 is 15.8 Å². The van der Waals surface area contributed by atoms with Gasteiger partial charge in [-0.1, -0.05) is 11.8 Å². The third kappa shape index (κ3) is 5.42. The summed E-state index contributed by atoms with van der Waals surface area (Å²) < 4.78 is 12.6. The molecular weight excluding hydrogens is 442 g/mol. The van der Waals surface area contributed by atoms with Gasteiger partial charge in [-0.25, -0.2) is 0 Å². The van der Waals surface area contributed by atoms with E-state index >= 15 is 0 Å². The number of furan rings is 1. The van der Waals surface area contributed by atoms with Gasteiger partial charge in [0.1, 0.15) is 11.5 Å². The molecule has 0 radical (unpaired) electrons. The Morgan fingerprint density at radius 2 is 1.85 bits per heavy atom. The van der Waals surface area contributed by atoms with Gasteiger partial charge in [0.15, 0.2) is 11.0 Å². The van der Waals surface area contributed by atoms with E-state index in [-0.39, 0.29) is 11.7 Å². The second-order valence-electron chi connectivity index (χ2n) is 6.98. The Labute approximate surface area is 193 Å². The molecule has 2 amide bonds. The third-order valence-electron chi connectivity index (χ3n) is 4.74. The first-order valence-electron chi connectivity index (χ1n) is 9.96. The van der Waals surface area contributed by atoms with Gasteiger partial charge in [0, 0.05) is 16.8 Å². The zero-order chi connectivity index (χ0) is 23.2. The molecule has 0 spiro atoms. The Balaban J connectivity index is 1.49. The quantitative estimate of drug-likeness (QED) is 0.364. The van der Waals surface area contributed by atoms with E-state index in [0.29, 0.717) is 28.8 Å². The second kappa shape index (κ2) is 10.0. The van der Waals surface area contributed by atoms with Gasteiger partial charge >= 0.3 is 0 Å². The van der Waals surface area contributed by atoms with E-state index in [1.807, 2.05) is 41.0 Å². The van der Waals surface area contributed by atoms with E-state index < -0.39 is 5.91 Å². The number of carbonyl (C=O) groups excluding carboxylic acids is 2. The van der Waals surface area contributed by atoms with Crippen LogP contribution in [0.3, 0.4) is 0 Å². The van der Waals surface area contributed by atoms with Crippen molar-refractivity contribution in [3.8, 4) is 17.1 Å². The highest BCUT2D eigenvalue weighted by atomic mass is 32.2. The lowest BCUT2D eigenvalue weighted by atomic mass is 10.2. The van der Waals surface area contributed by atoms with Crippen LogP contribution in [0.25, 0.3) is 11.4 Å². The van der Waals surface area contributed by atoms with Gasteiger partial charge in [-0.05, 0) is 60.7 Å². The molecule has 4 aromatic rings. The fourth-order valence-corrected chi connectivity index (χ4v) is 3.83. The maximum atomic E-state index is 12.5. The van der Waals surface area contributed by atoms with Crippen LogP contribution in [0.2, 0.25) is 0 Å². The maximum absolute atomic E-state index is 12.5. The Morgan fingerprint density at radius 1 is 1.09 bits per heavy atom. The highest BCUT2D eigenvalue weighted by Gasteiger charge is 2.17. The van der Waals surface area contributed by atoms with Crippen molar-refractivity contribution >= 4 is 29.3 Å². The fraction of sp³-hybridized carbons (Fsp3) is 0.130. The van der Waals surface area contributed by atoms with Crippen molar-refractivity contribution in [3.05, 3.63) is 78.3 Å². The Kier molecular flexibility index (Phi) is 6.75. The second-order valence-corrected chi connectivity index (χ2v) is 7.92. The standard InChI is InChI=1S/C23H21N5O4S/c1-31-18-10-6-16(7-11-18)22-26-27-23(28(22)13-19-3-2-12-32-19)33-14-20(29)25-17-8-4-15(5-9-17)21(24)30/h2-12H,13-14H2,1H3,(H2,24,30)(H,25,29). The average Bonchev–Trinajstić information content (AvgIpc) is 3.48. The molecule has 0 saturated heterocycles.